The van der Waals surface area contributed by atoms with E-state index in [0.29, 0.717) is 5.02 Å². The molecular weight excluding hydrogens is 302 g/mol. The van der Waals surface area contributed by atoms with Gasteiger partial charge in [0, 0.05) is 5.02 Å². The van der Waals surface area contributed by atoms with E-state index in [4.69, 9.17) is 45.6 Å². The third-order valence-corrected chi connectivity index (χ3v) is 2.80. The minimum absolute atomic E-state index is 0.142. The lowest BCUT2D eigenvalue weighted by Crippen LogP contribution is -2.37. The van der Waals surface area contributed by atoms with Crippen LogP contribution >= 0.6 is 34.8 Å². The number of carboxylic acids is 1. The Labute approximate surface area is 118 Å². The molecule has 98 valence electrons. The summed E-state index contributed by atoms with van der Waals surface area (Å²) in [4.78, 5) is 22.0. The quantitative estimate of drug-likeness (QED) is 0.796. The first kappa shape index (κ1) is 15.0. The molecule has 0 aromatic heterocycles. The van der Waals surface area contributed by atoms with E-state index in [-0.39, 0.29) is 15.7 Å². The molecule has 18 heavy (non-hydrogen) atoms. The number of rotatable bonds is 4. The number of anilines is 1. The zero-order valence-electron chi connectivity index (χ0n) is 8.91. The van der Waals surface area contributed by atoms with Crippen LogP contribution in [0, 0.1) is 0 Å². The number of carboxylic acid groups (broad SMARTS) is 1. The van der Waals surface area contributed by atoms with E-state index in [2.05, 4.69) is 5.32 Å². The summed E-state index contributed by atoms with van der Waals surface area (Å²) in [6.07, 6.45) is -0.491. The number of hydrogen-bond acceptors (Lipinski definition) is 3. The molecule has 1 amide bonds. The molecule has 4 N–H and O–H groups in total. The number of amides is 1. The SMILES string of the molecule is NC(CC(=O)O)C(=O)Nc1c(Cl)cc(Cl)cc1Cl. The van der Waals surface area contributed by atoms with Crippen molar-refractivity contribution in [1.82, 2.24) is 0 Å². The zero-order chi connectivity index (χ0) is 13.9. The second-order valence-electron chi connectivity index (χ2n) is 3.44. The molecule has 0 fully saturated rings. The van der Waals surface area contributed by atoms with Gasteiger partial charge >= 0.3 is 5.97 Å². The number of benzene rings is 1. The summed E-state index contributed by atoms with van der Waals surface area (Å²) >= 11 is 17.4. The van der Waals surface area contributed by atoms with Gasteiger partial charge in [-0.3, -0.25) is 9.59 Å². The molecular formula is C10H9Cl3N2O3. The van der Waals surface area contributed by atoms with Crippen molar-refractivity contribution < 1.29 is 14.7 Å². The maximum Gasteiger partial charge on any atom is 0.305 e. The topological polar surface area (TPSA) is 92.4 Å². The summed E-state index contributed by atoms with van der Waals surface area (Å²) in [5, 5.41) is 11.5. The van der Waals surface area contributed by atoms with E-state index >= 15 is 0 Å². The molecule has 0 aliphatic carbocycles. The molecule has 1 aromatic carbocycles. The number of nitrogens with one attached hydrogen (secondary N) is 1. The highest BCUT2D eigenvalue weighted by atomic mass is 35.5. The van der Waals surface area contributed by atoms with Crippen LogP contribution in [-0.2, 0) is 9.59 Å². The van der Waals surface area contributed by atoms with Gasteiger partial charge in [0.1, 0.15) is 0 Å². The highest BCUT2D eigenvalue weighted by molar-refractivity contribution is 6.42. The van der Waals surface area contributed by atoms with Crippen LogP contribution in [0.3, 0.4) is 0 Å². The van der Waals surface area contributed by atoms with Crippen molar-refractivity contribution in [3.8, 4) is 0 Å². The first-order valence-corrected chi connectivity index (χ1v) is 5.87. The maximum absolute atomic E-state index is 11.6. The van der Waals surface area contributed by atoms with Crippen molar-refractivity contribution >= 4 is 52.4 Å². The van der Waals surface area contributed by atoms with Gasteiger partial charge in [-0.15, -0.1) is 0 Å². The summed E-state index contributed by atoms with van der Waals surface area (Å²) in [6, 6.07) is 1.60. The van der Waals surface area contributed by atoms with Crippen LogP contribution in [0.15, 0.2) is 12.1 Å². The van der Waals surface area contributed by atoms with Crippen LogP contribution in [0.4, 0.5) is 5.69 Å². The molecule has 1 unspecified atom stereocenters. The van der Waals surface area contributed by atoms with Gasteiger partial charge < -0.3 is 16.2 Å². The lowest BCUT2D eigenvalue weighted by atomic mass is 10.2. The van der Waals surface area contributed by atoms with Crippen molar-refractivity contribution in [1.29, 1.82) is 0 Å². The van der Waals surface area contributed by atoms with Crippen LogP contribution in [0.25, 0.3) is 0 Å². The molecule has 5 nitrogen and oxygen atoms in total. The monoisotopic (exact) mass is 310 g/mol. The minimum atomic E-state index is -1.19. The number of carbonyl (C=O) groups excluding carboxylic acids is 1. The Morgan fingerprint density at radius 1 is 1.28 bits per heavy atom. The van der Waals surface area contributed by atoms with Gasteiger partial charge in [0.15, 0.2) is 0 Å². The van der Waals surface area contributed by atoms with E-state index in [1.807, 2.05) is 0 Å². The highest BCUT2D eigenvalue weighted by Crippen LogP contribution is 2.33. The molecule has 0 saturated heterocycles. The van der Waals surface area contributed by atoms with Crippen molar-refractivity contribution in [2.24, 2.45) is 5.73 Å². The van der Waals surface area contributed by atoms with Crippen LogP contribution in [0.1, 0.15) is 6.42 Å². The molecule has 8 heteroatoms. The van der Waals surface area contributed by atoms with E-state index in [1.54, 1.807) is 0 Å². The fourth-order valence-corrected chi connectivity index (χ4v) is 2.07. The summed E-state index contributed by atoms with van der Waals surface area (Å²) in [5.41, 5.74) is 5.54. The van der Waals surface area contributed by atoms with Gasteiger partial charge in [-0.2, -0.15) is 0 Å². The predicted molar refractivity (Wildman–Crippen MR) is 70.3 cm³/mol. The molecule has 1 rings (SSSR count). The van der Waals surface area contributed by atoms with Crippen molar-refractivity contribution in [3.05, 3.63) is 27.2 Å². The molecule has 1 atom stereocenters. The van der Waals surface area contributed by atoms with Gasteiger partial charge in [0.05, 0.1) is 28.2 Å². The number of nitrogens with two attached hydrogens (primary N) is 1. The Hall–Kier alpha value is -1.01. The van der Waals surface area contributed by atoms with Gasteiger partial charge in [-0.1, -0.05) is 34.8 Å². The molecule has 0 aliphatic heterocycles. The Morgan fingerprint density at radius 3 is 2.22 bits per heavy atom. The van der Waals surface area contributed by atoms with Crippen molar-refractivity contribution in [2.45, 2.75) is 12.5 Å². The normalized spacial score (nSPS) is 12.0. The second-order valence-corrected chi connectivity index (χ2v) is 4.69. The molecule has 0 aliphatic rings. The third kappa shape index (κ3) is 4.03. The second kappa shape index (κ2) is 6.24. The predicted octanol–water partition coefficient (Wildman–Crippen LogP) is 2.39. The Bertz CT molecular complexity index is 470. The summed E-state index contributed by atoms with van der Waals surface area (Å²) in [5.74, 6) is -1.87. The van der Waals surface area contributed by atoms with Crippen LogP contribution in [-0.4, -0.2) is 23.0 Å². The number of carbonyl (C=O) groups is 2. The lowest BCUT2D eigenvalue weighted by Gasteiger charge is -2.13. The molecule has 0 spiro atoms. The highest BCUT2D eigenvalue weighted by Gasteiger charge is 2.19. The van der Waals surface area contributed by atoms with Gasteiger partial charge in [-0.25, -0.2) is 0 Å². The number of halogens is 3. The average molecular weight is 312 g/mol. The molecule has 0 bridgehead atoms. The molecule has 0 radical (unpaired) electrons. The third-order valence-electron chi connectivity index (χ3n) is 1.99. The van der Waals surface area contributed by atoms with E-state index in [1.165, 1.54) is 12.1 Å². The van der Waals surface area contributed by atoms with Crippen LogP contribution in [0.2, 0.25) is 15.1 Å². The van der Waals surface area contributed by atoms with Gasteiger partial charge in [-0.05, 0) is 12.1 Å². The standard InChI is InChI=1S/C10H9Cl3N2O3/c11-4-1-5(12)9(6(13)2-4)15-10(18)7(14)3-8(16)17/h1-2,7H,3,14H2,(H,15,18)(H,16,17). The smallest absolute Gasteiger partial charge is 0.305 e. The van der Waals surface area contributed by atoms with Crippen molar-refractivity contribution in [2.75, 3.05) is 5.32 Å². The lowest BCUT2D eigenvalue weighted by molar-refractivity contribution is -0.138. The Morgan fingerprint density at radius 2 is 1.78 bits per heavy atom. The van der Waals surface area contributed by atoms with E-state index in [9.17, 15) is 9.59 Å². The van der Waals surface area contributed by atoms with Gasteiger partial charge in [0.2, 0.25) is 5.91 Å². The zero-order valence-corrected chi connectivity index (χ0v) is 11.2. The van der Waals surface area contributed by atoms with Gasteiger partial charge in [0.25, 0.3) is 0 Å². The Balaban J connectivity index is 2.85. The molecule has 1 aromatic rings. The first-order chi connectivity index (χ1) is 8.31. The minimum Gasteiger partial charge on any atom is -0.481 e. The maximum atomic E-state index is 11.6. The van der Waals surface area contributed by atoms with Crippen LogP contribution < -0.4 is 11.1 Å². The summed E-state index contributed by atoms with van der Waals surface area (Å²) in [7, 11) is 0. The average Bonchev–Trinajstić information content (AvgIpc) is 2.21. The first-order valence-electron chi connectivity index (χ1n) is 4.74. The summed E-state index contributed by atoms with van der Waals surface area (Å²) in [6.45, 7) is 0. The number of aliphatic carboxylic acids is 1. The number of hydrogen-bond donors (Lipinski definition) is 3. The van der Waals surface area contributed by atoms with E-state index < -0.39 is 24.3 Å². The summed E-state index contributed by atoms with van der Waals surface area (Å²) < 4.78 is 0. The fourth-order valence-electron chi connectivity index (χ4n) is 1.16. The largest absolute Gasteiger partial charge is 0.481 e. The molecule has 0 saturated carbocycles. The Kier molecular flexibility index (Phi) is 5.22. The fraction of sp³-hybridized carbons (Fsp3) is 0.200. The van der Waals surface area contributed by atoms with Crippen LogP contribution in [0.5, 0.6) is 0 Å². The van der Waals surface area contributed by atoms with E-state index in [0.717, 1.165) is 0 Å². The molecule has 0 heterocycles. The van der Waals surface area contributed by atoms with Crippen molar-refractivity contribution in [3.63, 3.8) is 0 Å².